The minimum atomic E-state index is 0.331. The highest BCUT2D eigenvalue weighted by Crippen LogP contribution is 2.41. The third-order valence-corrected chi connectivity index (χ3v) is 4.26. The highest BCUT2D eigenvalue weighted by Gasteiger charge is 2.28. The molecular weight excluding hydrogens is 278 g/mol. The molecule has 0 fully saturated rings. The van der Waals surface area contributed by atoms with E-state index in [4.69, 9.17) is 14.5 Å². The third kappa shape index (κ3) is 1.65. The average molecular weight is 295 g/mol. The molecule has 0 N–H and O–H groups in total. The van der Waals surface area contributed by atoms with Crippen molar-refractivity contribution < 1.29 is 9.47 Å². The van der Waals surface area contributed by atoms with Gasteiger partial charge in [0.05, 0.1) is 19.9 Å². The van der Waals surface area contributed by atoms with Crippen molar-refractivity contribution in [3.8, 4) is 22.9 Å². The Morgan fingerprint density at radius 1 is 1.14 bits per heavy atom. The minimum Gasteiger partial charge on any atom is -0.494 e. The Morgan fingerprint density at radius 3 is 2.68 bits per heavy atom. The molecule has 1 aliphatic heterocycles. The van der Waals surface area contributed by atoms with Crippen molar-refractivity contribution in [2.45, 2.75) is 19.4 Å². The third-order valence-electron chi connectivity index (χ3n) is 4.26. The number of nitrogens with zero attached hydrogens (tertiary/aromatic N) is 3. The van der Waals surface area contributed by atoms with Gasteiger partial charge in [0.2, 0.25) is 0 Å². The van der Waals surface area contributed by atoms with Crippen molar-refractivity contribution in [2.24, 2.45) is 0 Å². The molecule has 0 amide bonds. The molecule has 2 aromatic heterocycles. The molecule has 3 aromatic rings. The molecule has 0 aliphatic carbocycles. The summed E-state index contributed by atoms with van der Waals surface area (Å²) in [6.07, 6.45) is 1.84. The van der Waals surface area contributed by atoms with E-state index >= 15 is 0 Å². The second-order valence-corrected chi connectivity index (χ2v) is 5.55. The summed E-state index contributed by atoms with van der Waals surface area (Å²) >= 11 is 0. The van der Waals surface area contributed by atoms with Crippen molar-refractivity contribution in [2.75, 3.05) is 14.2 Å². The zero-order valence-corrected chi connectivity index (χ0v) is 12.8. The number of rotatable bonds is 2. The first kappa shape index (κ1) is 13.1. The normalized spacial score (nSPS) is 16.2. The lowest BCUT2D eigenvalue weighted by Gasteiger charge is -2.23. The molecule has 1 atom stereocenters. The number of ether oxygens (including phenoxy) is 2. The van der Waals surface area contributed by atoms with E-state index in [9.17, 15) is 0 Å². The van der Waals surface area contributed by atoms with Crippen LogP contribution in [0, 0.1) is 0 Å². The summed E-state index contributed by atoms with van der Waals surface area (Å²) < 4.78 is 13.2. The number of aromatic nitrogens is 3. The van der Waals surface area contributed by atoms with Gasteiger partial charge in [-0.15, -0.1) is 0 Å². The van der Waals surface area contributed by atoms with E-state index in [0.717, 1.165) is 46.2 Å². The number of hydrogen-bond acceptors (Lipinski definition) is 4. The van der Waals surface area contributed by atoms with Crippen LogP contribution in [-0.4, -0.2) is 28.8 Å². The Hall–Kier alpha value is -2.56. The Labute approximate surface area is 128 Å². The van der Waals surface area contributed by atoms with Crippen molar-refractivity contribution in [3.63, 3.8) is 0 Å². The summed E-state index contributed by atoms with van der Waals surface area (Å²) in [4.78, 5) is 9.37. The summed E-state index contributed by atoms with van der Waals surface area (Å²) in [6, 6.07) is 7.86. The van der Waals surface area contributed by atoms with Gasteiger partial charge in [-0.1, -0.05) is 6.92 Å². The molecule has 1 aliphatic rings. The van der Waals surface area contributed by atoms with Gasteiger partial charge in [0.1, 0.15) is 28.4 Å². The molecule has 0 radical (unpaired) electrons. The fourth-order valence-corrected chi connectivity index (χ4v) is 3.26. The van der Waals surface area contributed by atoms with Crippen LogP contribution in [-0.2, 0) is 6.54 Å². The highest BCUT2D eigenvalue weighted by atomic mass is 16.5. The maximum absolute atomic E-state index is 5.54. The van der Waals surface area contributed by atoms with E-state index in [1.54, 1.807) is 14.2 Å². The fraction of sp³-hybridized carbons (Fsp3) is 0.294. The molecule has 0 spiro atoms. The predicted molar refractivity (Wildman–Crippen MR) is 84.5 cm³/mol. The van der Waals surface area contributed by atoms with Crippen molar-refractivity contribution in [1.29, 1.82) is 0 Å². The predicted octanol–water partition coefficient (Wildman–Crippen LogP) is 3.23. The van der Waals surface area contributed by atoms with Crippen LogP contribution in [0.3, 0.4) is 0 Å². The van der Waals surface area contributed by atoms with E-state index < -0.39 is 0 Å². The quantitative estimate of drug-likeness (QED) is 0.728. The minimum absolute atomic E-state index is 0.331. The van der Waals surface area contributed by atoms with Gasteiger partial charge in [-0.2, -0.15) is 0 Å². The first-order valence-corrected chi connectivity index (χ1v) is 7.31. The van der Waals surface area contributed by atoms with Gasteiger partial charge < -0.3 is 14.0 Å². The van der Waals surface area contributed by atoms with Gasteiger partial charge in [0, 0.05) is 24.2 Å². The highest BCUT2D eigenvalue weighted by molar-refractivity contribution is 5.91. The summed E-state index contributed by atoms with van der Waals surface area (Å²) in [5.41, 5.74) is 4.00. The van der Waals surface area contributed by atoms with Crippen LogP contribution in [0.25, 0.3) is 22.4 Å². The number of imidazole rings is 1. The zero-order chi connectivity index (χ0) is 15.3. The van der Waals surface area contributed by atoms with Gasteiger partial charge in [0.15, 0.2) is 0 Å². The van der Waals surface area contributed by atoms with E-state index in [-0.39, 0.29) is 0 Å². The first-order valence-electron chi connectivity index (χ1n) is 7.31. The van der Waals surface area contributed by atoms with Crippen LogP contribution >= 0.6 is 0 Å². The van der Waals surface area contributed by atoms with E-state index in [0.29, 0.717) is 5.92 Å². The Kier molecular flexibility index (Phi) is 2.82. The van der Waals surface area contributed by atoms with Crippen LogP contribution in [0.15, 0.2) is 30.5 Å². The second-order valence-electron chi connectivity index (χ2n) is 5.55. The largest absolute Gasteiger partial charge is 0.494 e. The van der Waals surface area contributed by atoms with Crippen LogP contribution in [0.1, 0.15) is 18.5 Å². The van der Waals surface area contributed by atoms with Crippen LogP contribution in [0.5, 0.6) is 11.5 Å². The smallest absolute Gasteiger partial charge is 0.146 e. The molecule has 5 heteroatoms. The van der Waals surface area contributed by atoms with Gasteiger partial charge in [-0.05, 0) is 24.3 Å². The molecule has 0 bridgehead atoms. The van der Waals surface area contributed by atoms with Crippen LogP contribution in [0.4, 0.5) is 0 Å². The number of benzene rings is 1. The average Bonchev–Trinajstić information content (AvgIpc) is 2.94. The molecule has 1 unspecified atom stereocenters. The molecule has 0 saturated heterocycles. The second kappa shape index (κ2) is 4.73. The van der Waals surface area contributed by atoms with Gasteiger partial charge in [-0.3, -0.25) is 4.98 Å². The standard InChI is InChI=1S/C17H17N3O2/c1-10-9-20-16-13(22-3)7-6-12(21-2)15(16)19-17(20)11-5-4-8-18-14(10)11/h4-8,10H,9H2,1-3H3. The molecule has 5 nitrogen and oxygen atoms in total. The van der Waals surface area contributed by atoms with E-state index in [1.807, 2.05) is 24.4 Å². The number of hydrogen-bond donors (Lipinski definition) is 0. The maximum atomic E-state index is 5.54. The summed E-state index contributed by atoms with van der Waals surface area (Å²) in [6.45, 7) is 3.02. The van der Waals surface area contributed by atoms with Gasteiger partial charge in [0.25, 0.3) is 0 Å². The van der Waals surface area contributed by atoms with E-state index in [1.165, 1.54) is 0 Å². The first-order chi connectivity index (χ1) is 10.7. The van der Waals surface area contributed by atoms with Crippen LogP contribution in [0.2, 0.25) is 0 Å². The molecule has 22 heavy (non-hydrogen) atoms. The fourth-order valence-electron chi connectivity index (χ4n) is 3.26. The maximum Gasteiger partial charge on any atom is 0.146 e. The summed E-state index contributed by atoms with van der Waals surface area (Å²) in [7, 11) is 3.35. The zero-order valence-electron chi connectivity index (χ0n) is 12.8. The number of pyridine rings is 1. The lowest BCUT2D eigenvalue weighted by molar-refractivity contribution is 0.408. The molecule has 3 heterocycles. The lowest BCUT2D eigenvalue weighted by Crippen LogP contribution is -2.16. The number of fused-ring (bicyclic) bond motifs is 5. The lowest BCUT2D eigenvalue weighted by atomic mass is 9.98. The summed E-state index contributed by atoms with van der Waals surface area (Å²) in [5, 5.41) is 0. The van der Waals surface area contributed by atoms with Crippen molar-refractivity contribution in [3.05, 3.63) is 36.2 Å². The molecule has 0 saturated carbocycles. The monoisotopic (exact) mass is 295 g/mol. The Morgan fingerprint density at radius 2 is 1.91 bits per heavy atom. The van der Waals surface area contributed by atoms with Crippen LogP contribution < -0.4 is 9.47 Å². The van der Waals surface area contributed by atoms with Crippen molar-refractivity contribution in [1.82, 2.24) is 14.5 Å². The Bertz CT molecular complexity index is 870. The topological polar surface area (TPSA) is 49.2 Å². The molecule has 112 valence electrons. The van der Waals surface area contributed by atoms with Gasteiger partial charge >= 0.3 is 0 Å². The SMILES string of the molecule is COc1ccc(OC)c2c1nc1n2CC(C)c2ncccc2-1. The van der Waals surface area contributed by atoms with E-state index in [2.05, 4.69) is 22.5 Å². The molecular formula is C17H17N3O2. The van der Waals surface area contributed by atoms with Crippen molar-refractivity contribution >= 4 is 11.0 Å². The molecule has 4 rings (SSSR count). The van der Waals surface area contributed by atoms with Gasteiger partial charge in [-0.25, -0.2) is 4.98 Å². The number of methoxy groups -OCH3 is 2. The Balaban J connectivity index is 2.11. The summed E-state index contributed by atoms with van der Waals surface area (Å²) in [5.74, 6) is 2.83. The molecule has 1 aromatic carbocycles.